The van der Waals surface area contributed by atoms with Gasteiger partial charge in [0, 0.05) is 25.7 Å². The summed E-state index contributed by atoms with van der Waals surface area (Å²) in [4.78, 5) is 14.0. The summed E-state index contributed by atoms with van der Waals surface area (Å²) in [5.41, 5.74) is 2.33. The molecule has 1 aromatic heterocycles. The third kappa shape index (κ3) is 5.29. The number of amides is 1. The highest BCUT2D eigenvalue weighted by molar-refractivity contribution is 7.08. The first-order valence-electron chi connectivity index (χ1n) is 8.08. The molecule has 1 aromatic rings. The Balaban J connectivity index is 1.80. The zero-order valence-electron chi connectivity index (χ0n) is 14.1. The van der Waals surface area contributed by atoms with E-state index in [1.165, 1.54) is 11.1 Å². The molecule has 4 nitrogen and oxygen atoms in total. The monoisotopic (exact) mass is 324 g/mol. The van der Waals surface area contributed by atoms with Crippen LogP contribution < -0.4 is 5.32 Å². The summed E-state index contributed by atoms with van der Waals surface area (Å²) in [5, 5.41) is 8.04. The number of ether oxygens (including phenoxy) is 1. The van der Waals surface area contributed by atoms with Crippen molar-refractivity contribution in [3.05, 3.63) is 21.9 Å². The molecule has 1 amide bonds. The molecule has 1 N–H and O–H groups in total. The van der Waals surface area contributed by atoms with E-state index in [-0.39, 0.29) is 6.09 Å². The number of carbonyl (C=O) groups is 1. The fraction of sp³-hybridized carbons (Fsp3) is 0.706. The molecular formula is C17H28N2O2S. The molecule has 1 saturated heterocycles. The Hall–Kier alpha value is -1.07. The molecule has 1 fully saturated rings. The highest BCUT2D eigenvalue weighted by Crippen LogP contribution is 2.17. The number of nitrogens with zero attached hydrogens (tertiary/aromatic N) is 1. The predicted molar refractivity (Wildman–Crippen MR) is 91.3 cm³/mol. The SMILES string of the molecule is Cc1cscc1CNC1CCCN(C(=O)OC(C)(C)C)CC1. The van der Waals surface area contributed by atoms with Crippen LogP contribution in [-0.4, -0.2) is 35.7 Å². The molecule has 0 spiro atoms. The second-order valence-corrected chi connectivity index (χ2v) is 7.80. The van der Waals surface area contributed by atoms with Crippen molar-refractivity contribution in [2.24, 2.45) is 0 Å². The maximum atomic E-state index is 12.1. The van der Waals surface area contributed by atoms with Crippen LogP contribution >= 0.6 is 11.3 Å². The van der Waals surface area contributed by atoms with Crippen LogP contribution in [0.1, 0.15) is 51.2 Å². The van der Waals surface area contributed by atoms with Crippen molar-refractivity contribution < 1.29 is 9.53 Å². The quantitative estimate of drug-likeness (QED) is 0.916. The molecule has 0 aliphatic carbocycles. The van der Waals surface area contributed by atoms with Crippen LogP contribution in [0.5, 0.6) is 0 Å². The van der Waals surface area contributed by atoms with Gasteiger partial charge >= 0.3 is 6.09 Å². The van der Waals surface area contributed by atoms with E-state index in [4.69, 9.17) is 4.74 Å². The van der Waals surface area contributed by atoms with Gasteiger partial charge in [-0.2, -0.15) is 11.3 Å². The molecule has 1 atom stereocenters. The van der Waals surface area contributed by atoms with Gasteiger partial charge in [-0.25, -0.2) is 4.79 Å². The second-order valence-electron chi connectivity index (χ2n) is 7.06. The molecular weight excluding hydrogens is 296 g/mol. The summed E-state index contributed by atoms with van der Waals surface area (Å²) in [6, 6.07) is 0.478. The van der Waals surface area contributed by atoms with Crippen LogP contribution in [-0.2, 0) is 11.3 Å². The van der Waals surface area contributed by atoms with Crippen molar-refractivity contribution in [1.29, 1.82) is 0 Å². The van der Waals surface area contributed by atoms with Crippen molar-refractivity contribution in [3.8, 4) is 0 Å². The van der Waals surface area contributed by atoms with Gasteiger partial charge in [0.15, 0.2) is 0 Å². The molecule has 0 radical (unpaired) electrons. The van der Waals surface area contributed by atoms with Gasteiger partial charge in [0.25, 0.3) is 0 Å². The van der Waals surface area contributed by atoms with Crippen LogP contribution in [0.15, 0.2) is 10.8 Å². The Morgan fingerprint density at radius 3 is 2.77 bits per heavy atom. The Morgan fingerprint density at radius 1 is 1.36 bits per heavy atom. The van der Waals surface area contributed by atoms with Gasteiger partial charge in [0.1, 0.15) is 5.60 Å². The average molecular weight is 324 g/mol. The molecule has 124 valence electrons. The number of nitrogens with one attached hydrogen (secondary N) is 1. The third-order valence-electron chi connectivity index (χ3n) is 3.92. The summed E-state index contributed by atoms with van der Waals surface area (Å²) >= 11 is 1.76. The molecule has 2 rings (SSSR count). The first kappa shape index (κ1) is 17.3. The molecule has 5 heteroatoms. The Morgan fingerprint density at radius 2 is 2.14 bits per heavy atom. The van der Waals surface area contributed by atoms with Crippen LogP contribution in [0.2, 0.25) is 0 Å². The van der Waals surface area contributed by atoms with E-state index in [0.29, 0.717) is 6.04 Å². The van der Waals surface area contributed by atoms with Crippen LogP contribution in [0.3, 0.4) is 0 Å². The first-order chi connectivity index (χ1) is 10.3. The maximum absolute atomic E-state index is 12.1. The summed E-state index contributed by atoms with van der Waals surface area (Å²) in [6.07, 6.45) is 2.95. The van der Waals surface area contributed by atoms with Crippen LogP contribution in [0, 0.1) is 6.92 Å². The predicted octanol–water partition coefficient (Wildman–Crippen LogP) is 3.94. The summed E-state index contributed by atoms with van der Waals surface area (Å²) in [5.74, 6) is 0. The third-order valence-corrected chi connectivity index (χ3v) is 4.83. The normalized spacial score (nSPS) is 19.8. The first-order valence-corrected chi connectivity index (χ1v) is 9.02. The Bertz CT molecular complexity index is 493. The standard InChI is InChI=1S/C17H28N2O2S/c1-13-11-22-12-14(13)10-18-15-6-5-8-19(9-7-15)16(20)21-17(2,3)4/h11-12,15,18H,5-10H2,1-4H3. The van der Waals surface area contributed by atoms with E-state index >= 15 is 0 Å². The summed E-state index contributed by atoms with van der Waals surface area (Å²) in [7, 11) is 0. The molecule has 0 saturated carbocycles. The summed E-state index contributed by atoms with van der Waals surface area (Å²) < 4.78 is 5.47. The van der Waals surface area contributed by atoms with Crippen molar-refractivity contribution in [2.45, 2.75) is 65.1 Å². The zero-order valence-corrected chi connectivity index (χ0v) is 15.0. The van der Waals surface area contributed by atoms with Gasteiger partial charge in [-0.3, -0.25) is 0 Å². The Labute approximate surface area is 137 Å². The fourth-order valence-electron chi connectivity index (χ4n) is 2.63. The van der Waals surface area contributed by atoms with E-state index in [1.807, 2.05) is 25.7 Å². The minimum Gasteiger partial charge on any atom is -0.444 e. The molecule has 1 aliphatic rings. The van der Waals surface area contributed by atoms with E-state index in [1.54, 1.807) is 11.3 Å². The van der Waals surface area contributed by atoms with Crippen LogP contribution in [0.4, 0.5) is 4.79 Å². The second kappa shape index (κ2) is 7.47. The largest absolute Gasteiger partial charge is 0.444 e. The summed E-state index contributed by atoms with van der Waals surface area (Å²) in [6.45, 7) is 10.4. The Kier molecular flexibility index (Phi) is 5.87. The van der Waals surface area contributed by atoms with Gasteiger partial charge in [-0.05, 0) is 68.8 Å². The van der Waals surface area contributed by atoms with Gasteiger partial charge in [0.05, 0.1) is 0 Å². The van der Waals surface area contributed by atoms with E-state index in [2.05, 4.69) is 23.0 Å². The lowest BCUT2D eigenvalue weighted by Crippen LogP contribution is -2.38. The highest BCUT2D eigenvalue weighted by Gasteiger charge is 2.25. The number of rotatable bonds is 3. The minimum atomic E-state index is -0.419. The lowest BCUT2D eigenvalue weighted by atomic mass is 10.1. The smallest absolute Gasteiger partial charge is 0.410 e. The maximum Gasteiger partial charge on any atom is 0.410 e. The average Bonchev–Trinajstić information content (AvgIpc) is 2.69. The zero-order chi connectivity index (χ0) is 16.2. The van der Waals surface area contributed by atoms with Crippen LogP contribution in [0.25, 0.3) is 0 Å². The van der Waals surface area contributed by atoms with Gasteiger partial charge in [-0.1, -0.05) is 0 Å². The fourth-order valence-corrected chi connectivity index (χ4v) is 3.49. The highest BCUT2D eigenvalue weighted by atomic mass is 32.1. The van der Waals surface area contributed by atoms with E-state index in [0.717, 1.165) is 38.9 Å². The van der Waals surface area contributed by atoms with Gasteiger partial charge in [0.2, 0.25) is 0 Å². The number of thiophene rings is 1. The number of carbonyl (C=O) groups excluding carboxylic acids is 1. The lowest BCUT2D eigenvalue weighted by Gasteiger charge is -2.26. The molecule has 1 aliphatic heterocycles. The van der Waals surface area contributed by atoms with E-state index in [9.17, 15) is 4.79 Å². The molecule has 0 aromatic carbocycles. The molecule has 0 bridgehead atoms. The van der Waals surface area contributed by atoms with Crippen molar-refractivity contribution >= 4 is 17.4 Å². The molecule has 1 unspecified atom stereocenters. The topological polar surface area (TPSA) is 41.6 Å². The number of aryl methyl sites for hydroxylation is 1. The molecule has 22 heavy (non-hydrogen) atoms. The van der Waals surface area contributed by atoms with Crippen molar-refractivity contribution in [3.63, 3.8) is 0 Å². The lowest BCUT2D eigenvalue weighted by molar-refractivity contribution is 0.0256. The molecule has 2 heterocycles. The minimum absolute atomic E-state index is 0.179. The van der Waals surface area contributed by atoms with Gasteiger partial charge < -0.3 is 15.0 Å². The number of hydrogen-bond acceptors (Lipinski definition) is 4. The van der Waals surface area contributed by atoms with Crippen molar-refractivity contribution in [2.75, 3.05) is 13.1 Å². The number of hydrogen-bond donors (Lipinski definition) is 1. The van der Waals surface area contributed by atoms with Crippen molar-refractivity contribution in [1.82, 2.24) is 10.2 Å². The van der Waals surface area contributed by atoms with Gasteiger partial charge in [-0.15, -0.1) is 0 Å². The van der Waals surface area contributed by atoms with E-state index < -0.39 is 5.60 Å². The number of likely N-dealkylation sites (tertiary alicyclic amines) is 1.